The van der Waals surface area contributed by atoms with Crippen molar-refractivity contribution in [3.8, 4) is 22.8 Å². The molecule has 10 nitrogen and oxygen atoms in total. The van der Waals surface area contributed by atoms with E-state index in [0.717, 1.165) is 46.6 Å². The summed E-state index contributed by atoms with van der Waals surface area (Å²) in [6.45, 7) is 1.90. The van der Waals surface area contributed by atoms with Gasteiger partial charge in [0, 0.05) is 31.9 Å². The summed E-state index contributed by atoms with van der Waals surface area (Å²) in [6.07, 6.45) is 9.21. The molecule has 5 aromatic heterocycles. The first-order chi connectivity index (χ1) is 15.7. The second-order valence-corrected chi connectivity index (χ2v) is 8.17. The predicted octanol–water partition coefficient (Wildman–Crippen LogP) is 2.78. The highest BCUT2D eigenvalue weighted by Crippen LogP contribution is 2.32. The van der Waals surface area contributed by atoms with Crippen molar-refractivity contribution >= 4 is 27.8 Å². The molecule has 0 radical (unpaired) electrons. The van der Waals surface area contributed by atoms with Crippen molar-refractivity contribution in [3.63, 3.8) is 0 Å². The topological polar surface area (TPSA) is 124 Å². The van der Waals surface area contributed by atoms with E-state index in [1.165, 1.54) is 19.3 Å². The highest BCUT2D eigenvalue weighted by atomic mass is 16.3. The number of aliphatic hydroxyl groups excluding tert-OH is 1. The molecule has 6 rings (SSSR count). The number of aryl methyl sites for hydroxylation is 1. The van der Waals surface area contributed by atoms with Crippen LogP contribution in [0.2, 0.25) is 0 Å². The number of rotatable bonds is 4. The van der Waals surface area contributed by atoms with Gasteiger partial charge in [0.05, 0.1) is 47.1 Å². The first-order valence-electron chi connectivity index (χ1n) is 10.8. The fourth-order valence-electron chi connectivity index (χ4n) is 4.48. The van der Waals surface area contributed by atoms with Gasteiger partial charge in [-0.3, -0.25) is 14.8 Å². The molecule has 0 unspecified atom stereocenters. The monoisotopic (exact) mass is 429 g/mol. The van der Waals surface area contributed by atoms with Gasteiger partial charge >= 0.3 is 0 Å². The average Bonchev–Trinajstić information content (AvgIpc) is 3.54. The zero-order chi connectivity index (χ0) is 21.7. The summed E-state index contributed by atoms with van der Waals surface area (Å²) in [4.78, 5) is 19.9. The lowest BCUT2D eigenvalue weighted by Crippen LogP contribution is -2.29. The Kier molecular flexibility index (Phi) is 4.39. The maximum absolute atomic E-state index is 9.67. The van der Waals surface area contributed by atoms with E-state index in [2.05, 4.69) is 30.2 Å². The predicted molar refractivity (Wildman–Crippen MR) is 121 cm³/mol. The zero-order valence-corrected chi connectivity index (χ0v) is 17.7. The minimum Gasteiger partial charge on any atom is -0.390 e. The summed E-state index contributed by atoms with van der Waals surface area (Å²) < 4.78 is 1.68. The van der Waals surface area contributed by atoms with E-state index < -0.39 is 0 Å². The third-order valence-electron chi connectivity index (χ3n) is 6.03. The van der Waals surface area contributed by atoms with Gasteiger partial charge in [-0.2, -0.15) is 10.2 Å². The first kappa shape index (κ1) is 18.9. The van der Waals surface area contributed by atoms with Crippen LogP contribution in [0.5, 0.6) is 0 Å². The Labute approximate surface area is 183 Å². The third kappa shape index (κ3) is 3.02. The number of hydrogen-bond acceptors (Lipinski definition) is 7. The number of nitrogens with zero attached hydrogens (tertiary/aromatic N) is 7. The number of anilines is 1. The van der Waals surface area contributed by atoms with Gasteiger partial charge in [-0.25, -0.2) is 9.97 Å². The van der Waals surface area contributed by atoms with Gasteiger partial charge in [-0.1, -0.05) is 0 Å². The van der Waals surface area contributed by atoms with Gasteiger partial charge in [0.15, 0.2) is 11.5 Å². The van der Waals surface area contributed by atoms with Crippen LogP contribution in [0.3, 0.4) is 0 Å². The molecule has 0 spiro atoms. The Balaban J connectivity index is 1.46. The number of aliphatic hydroxyl groups is 1. The molecule has 6 heterocycles. The molecule has 1 fully saturated rings. The number of piperidine rings is 1. The van der Waals surface area contributed by atoms with Crippen molar-refractivity contribution in [1.29, 1.82) is 0 Å². The molecule has 0 bridgehead atoms. The number of fused-ring (bicyclic) bond motifs is 2. The molecule has 3 N–H and O–H groups in total. The van der Waals surface area contributed by atoms with Gasteiger partial charge in [-0.05, 0) is 31.4 Å². The van der Waals surface area contributed by atoms with E-state index in [0.29, 0.717) is 22.7 Å². The molecule has 1 saturated heterocycles. The summed E-state index contributed by atoms with van der Waals surface area (Å²) >= 11 is 0. The SMILES string of the molecule is Cn1cc(-c2ccc3[nH]nc(-c4nc5c(N6CCCCC6)cncc5[nH]4)c3n2)c(CO)n1. The van der Waals surface area contributed by atoms with Crippen molar-refractivity contribution < 1.29 is 5.11 Å². The first-order valence-corrected chi connectivity index (χ1v) is 10.8. The van der Waals surface area contributed by atoms with Gasteiger partial charge in [0.1, 0.15) is 11.0 Å². The third-order valence-corrected chi connectivity index (χ3v) is 6.03. The van der Waals surface area contributed by atoms with Crippen molar-refractivity contribution in [3.05, 3.63) is 36.4 Å². The average molecular weight is 429 g/mol. The number of aromatic nitrogens is 8. The lowest BCUT2D eigenvalue weighted by atomic mass is 10.1. The van der Waals surface area contributed by atoms with Crippen LogP contribution in [0.15, 0.2) is 30.7 Å². The van der Waals surface area contributed by atoms with E-state index >= 15 is 0 Å². The van der Waals surface area contributed by atoms with Gasteiger partial charge in [0.2, 0.25) is 0 Å². The number of nitrogens with one attached hydrogen (secondary N) is 2. The standard InChI is InChI=1S/C22H23N9O/c1-30-11-13(17(12-32)29-30)14-5-6-15-20(24-14)21(28-27-15)22-25-16-9-23-10-18(19(16)26-22)31-7-3-2-4-8-31/h5-6,9-11,32H,2-4,7-8,12H2,1H3,(H,25,26)(H,27,28). The number of aromatic amines is 2. The maximum atomic E-state index is 9.67. The van der Waals surface area contributed by atoms with Crippen LogP contribution in [0, 0.1) is 0 Å². The zero-order valence-electron chi connectivity index (χ0n) is 17.7. The smallest absolute Gasteiger partial charge is 0.161 e. The summed E-state index contributed by atoms with van der Waals surface area (Å²) in [5, 5.41) is 21.5. The Morgan fingerprint density at radius 2 is 1.91 bits per heavy atom. The molecular weight excluding hydrogens is 406 g/mol. The normalized spacial score (nSPS) is 14.6. The summed E-state index contributed by atoms with van der Waals surface area (Å²) in [6, 6.07) is 3.84. The summed E-state index contributed by atoms with van der Waals surface area (Å²) in [5.41, 5.74) is 7.12. The van der Waals surface area contributed by atoms with Crippen molar-refractivity contribution in [2.45, 2.75) is 25.9 Å². The van der Waals surface area contributed by atoms with Crippen molar-refractivity contribution in [2.75, 3.05) is 18.0 Å². The molecule has 1 aliphatic rings. The number of H-pyrrole nitrogens is 2. The van der Waals surface area contributed by atoms with E-state index in [1.54, 1.807) is 10.9 Å². The van der Waals surface area contributed by atoms with Crippen LogP contribution >= 0.6 is 0 Å². The fourth-order valence-corrected chi connectivity index (χ4v) is 4.48. The van der Waals surface area contributed by atoms with Crippen molar-refractivity contribution in [1.82, 2.24) is 39.9 Å². The van der Waals surface area contributed by atoms with Gasteiger partial charge in [-0.15, -0.1) is 0 Å². The molecule has 0 atom stereocenters. The highest BCUT2D eigenvalue weighted by Gasteiger charge is 2.20. The fraction of sp³-hybridized carbons (Fsp3) is 0.318. The minimum atomic E-state index is -0.149. The van der Waals surface area contributed by atoms with Crippen LogP contribution in [0.4, 0.5) is 5.69 Å². The summed E-state index contributed by atoms with van der Waals surface area (Å²) in [7, 11) is 1.83. The van der Waals surface area contributed by atoms with Crippen LogP contribution in [-0.4, -0.2) is 58.1 Å². The maximum Gasteiger partial charge on any atom is 0.161 e. The molecule has 10 heteroatoms. The lowest BCUT2D eigenvalue weighted by molar-refractivity contribution is 0.276. The van der Waals surface area contributed by atoms with Crippen molar-refractivity contribution in [2.24, 2.45) is 7.05 Å². The quantitative estimate of drug-likeness (QED) is 0.401. The number of pyridine rings is 2. The molecule has 162 valence electrons. The van der Waals surface area contributed by atoms with Crippen LogP contribution in [0.25, 0.3) is 44.8 Å². The van der Waals surface area contributed by atoms with E-state index in [1.807, 2.05) is 31.6 Å². The second kappa shape index (κ2) is 7.41. The van der Waals surface area contributed by atoms with E-state index in [9.17, 15) is 5.11 Å². The second-order valence-electron chi connectivity index (χ2n) is 8.17. The van der Waals surface area contributed by atoms with Crippen LogP contribution < -0.4 is 4.90 Å². The Hall–Kier alpha value is -3.79. The number of imidazole rings is 1. The Bertz CT molecular complexity index is 1420. The highest BCUT2D eigenvalue weighted by molar-refractivity contribution is 5.94. The minimum absolute atomic E-state index is 0.149. The molecule has 0 aromatic carbocycles. The lowest BCUT2D eigenvalue weighted by Gasteiger charge is -2.28. The molecular formula is C22H23N9O. The van der Waals surface area contributed by atoms with Gasteiger partial charge < -0.3 is 15.0 Å². The molecule has 0 saturated carbocycles. The Morgan fingerprint density at radius 3 is 2.75 bits per heavy atom. The van der Waals surface area contributed by atoms with E-state index in [-0.39, 0.29) is 6.61 Å². The largest absolute Gasteiger partial charge is 0.390 e. The number of hydrogen-bond donors (Lipinski definition) is 3. The molecule has 5 aromatic rings. The van der Waals surface area contributed by atoms with Gasteiger partial charge in [0.25, 0.3) is 0 Å². The molecule has 0 amide bonds. The van der Waals surface area contributed by atoms with Crippen LogP contribution in [0.1, 0.15) is 25.0 Å². The molecule has 1 aliphatic heterocycles. The molecule has 0 aliphatic carbocycles. The summed E-state index contributed by atoms with van der Waals surface area (Å²) in [5.74, 6) is 0.649. The van der Waals surface area contributed by atoms with E-state index in [4.69, 9.17) is 9.97 Å². The Morgan fingerprint density at radius 1 is 1.03 bits per heavy atom. The van der Waals surface area contributed by atoms with Crippen LogP contribution in [-0.2, 0) is 13.7 Å². The molecule has 32 heavy (non-hydrogen) atoms.